The molecule has 2 aliphatic rings. The molecule has 2 heterocycles. The fraction of sp³-hybridized carbons (Fsp3) is 0.625. The third kappa shape index (κ3) is 3.67. The summed E-state index contributed by atoms with van der Waals surface area (Å²) < 4.78 is 0. The topological polar surface area (TPSA) is 15.3 Å². The zero-order chi connectivity index (χ0) is 12.9. The lowest BCUT2D eigenvalue weighted by Crippen LogP contribution is -2.27. The van der Waals surface area contributed by atoms with Gasteiger partial charge in [-0.1, -0.05) is 18.2 Å². The molecular weight excluding hydrogens is 252 g/mol. The van der Waals surface area contributed by atoms with E-state index in [4.69, 9.17) is 0 Å². The van der Waals surface area contributed by atoms with E-state index in [0.29, 0.717) is 6.04 Å². The number of nitrogens with zero attached hydrogens (tertiary/aromatic N) is 1. The van der Waals surface area contributed by atoms with Gasteiger partial charge in [-0.05, 0) is 56.2 Å². The number of anilines is 1. The highest BCUT2D eigenvalue weighted by Gasteiger charge is 2.17. The normalized spacial score (nSPS) is 24.5. The zero-order valence-electron chi connectivity index (χ0n) is 11.6. The van der Waals surface area contributed by atoms with Crippen LogP contribution in [0.5, 0.6) is 0 Å². The second kappa shape index (κ2) is 6.67. The van der Waals surface area contributed by atoms with Crippen LogP contribution in [-0.2, 0) is 6.54 Å². The Kier molecular flexibility index (Phi) is 4.67. The molecule has 0 spiro atoms. The van der Waals surface area contributed by atoms with E-state index in [-0.39, 0.29) is 0 Å². The van der Waals surface area contributed by atoms with Crippen LogP contribution in [0.3, 0.4) is 0 Å². The van der Waals surface area contributed by atoms with Crippen LogP contribution < -0.4 is 5.32 Å². The van der Waals surface area contributed by atoms with E-state index in [1.165, 1.54) is 61.5 Å². The van der Waals surface area contributed by atoms with Gasteiger partial charge in [0.25, 0.3) is 0 Å². The van der Waals surface area contributed by atoms with Crippen molar-refractivity contribution in [2.45, 2.75) is 38.3 Å². The Hall–Kier alpha value is -0.670. The number of para-hydroxylation sites is 1. The van der Waals surface area contributed by atoms with Crippen molar-refractivity contribution < 1.29 is 0 Å². The summed E-state index contributed by atoms with van der Waals surface area (Å²) in [6.45, 7) is 3.66. The first kappa shape index (κ1) is 13.3. The summed E-state index contributed by atoms with van der Waals surface area (Å²) in [5.41, 5.74) is 2.84. The maximum Gasteiger partial charge on any atom is 0.0388 e. The van der Waals surface area contributed by atoms with E-state index in [0.717, 1.165) is 6.54 Å². The van der Waals surface area contributed by atoms with Gasteiger partial charge in [-0.15, -0.1) is 0 Å². The fourth-order valence-electron chi connectivity index (χ4n) is 3.06. The van der Waals surface area contributed by atoms with E-state index in [2.05, 4.69) is 46.2 Å². The minimum absolute atomic E-state index is 0.665. The molecule has 104 valence electrons. The van der Waals surface area contributed by atoms with Crippen molar-refractivity contribution >= 4 is 17.4 Å². The highest BCUT2D eigenvalue weighted by molar-refractivity contribution is 7.99. The van der Waals surface area contributed by atoms with Crippen molar-refractivity contribution in [2.24, 2.45) is 0 Å². The molecule has 1 atom stereocenters. The largest absolute Gasteiger partial charge is 0.381 e. The Morgan fingerprint density at radius 3 is 2.79 bits per heavy atom. The second-order valence-corrected chi connectivity index (χ2v) is 6.85. The van der Waals surface area contributed by atoms with Gasteiger partial charge in [0.05, 0.1) is 0 Å². The van der Waals surface area contributed by atoms with Crippen molar-refractivity contribution in [2.75, 3.05) is 29.9 Å². The lowest BCUT2D eigenvalue weighted by molar-refractivity contribution is 0.332. The third-order valence-electron chi connectivity index (χ3n) is 4.13. The van der Waals surface area contributed by atoms with E-state index in [1.807, 2.05) is 0 Å². The Balaban J connectivity index is 1.65. The van der Waals surface area contributed by atoms with Crippen molar-refractivity contribution in [3.63, 3.8) is 0 Å². The van der Waals surface area contributed by atoms with Crippen LogP contribution in [0.4, 0.5) is 5.69 Å². The van der Waals surface area contributed by atoms with E-state index < -0.39 is 0 Å². The van der Waals surface area contributed by atoms with Gasteiger partial charge < -0.3 is 5.32 Å². The molecule has 2 nitrogen and oxygen atoms in total. The first-order valence-electron chi connectivity index (χ1n) is 7.56. The average Bonchev–Trinajstić information content (AvgIpc) is 2.95. The van der Waals surface area contributed by atoms with Crippen LogP contribution >= 0.6 is 11.8 Å². The molecule has 0 radical (unpaired) electrons. The molecular formula is C16H24N2S. The molecule has 2 fully saturated rings. The van der Waals surface area contributed by atoms with Gasteiger partial charge in [-0.2, -0.15) is 11.8 Å². The van der Waals surface area contributed by atoms with E-state index >= 15 is 0 Å². The summed E-state index contributed by atoms with van der Waals surface area (Å²) in [7, 11) is 0. The number of likely N-dealkylation sites (tertiary alicyclic amines) is 1. The summed E-state index contributed by atoms with van der Waals surface area (Å²) in [6.07, 6.45) is 5.42. The molecule has 0 aliphatic carbocycles. The number of hydrogen-bond acceptors (Lipinski definition) is 3. The molecule has 1 aromatic rings. The highest BCUT2D eigenvalue weighted by atomic mass is 32.2. The van der Waals surface area contributed by atoms with Gasteiger partial charge in [-0.25, -0.2) is 0 Å². The molecule has 3 rings (SSSR count). The lowest BCUT2D eigenvalue weighted by atomic mass is 10.1. The maximum atomic E-state index is 3.78. The number of nitrogens with one attached hydrogen (secondary N) is 1. The summed E-state index contributed by atoms with van der Waals surface area (Å²) in [4.78, 5) is 2.58. The van der Waals surface area contributed by atoms with Crippen molar-refractivity contribution in [3.05, 3.63) is 29.8 Å². The molecule has 2 aliphatic heterocycles. The first-order valence-corrected chi connectivity index (χ1v) is 8.72. The molecule has 19 heavy (non-hydrogen) atoms. The predicted octanol–water partition coefficient (Wildman–Crippen LogP) is 3.59. The zero-order valence-corrected chi connectivity index (χ0v) is 12.4. The number of hydrogen-bond donors (Lipinski definition) is 1. The quantitative estimate of drug-likeness (QED) is 0.905. The molecule has 0 aromatic heterocycles. The van der Waals surface area contributed by atoms with Crippen molar-refractivity contribution in [3.8, 4) is 0 Å². The Labute approximate surface area is 121 Å². The van der Waals surface area contributed by atoms with Crippen LogP contribution in [0.2, 0.25) is 0 Å². The summed E-state index contributed by atoms with van der Waals surface area (Å²) in [5, 5.41) is 3.78. The lowest BCUT2D eigenvalue weighted by Gasteiger charge is -2.26. The number of benzene rings is 1. The molecule has 1 N–H and O–H groups in total. The molecule has 1 unspecified atom stereocenters. The van der Waals surface area contributed by atoms with Crippen LogP contribution in [0, 0.1) is 0 Å². The summed E-state index contributed by atoms with van der Waals surface area (Å²) in [6, 6.07) is 9.54. The molecule has 1 aromatic carbocycles. The van der Waals surface area contributed by atoms with Gasteiger partial charge in [0.15, 0.2) is 0 Å². The monoisotopic (exact) mass is 276 g/mol. The number of thioether (sulfide) groups is 1. The van der Waals surface area contributed by atoms with Gasteiger partial charge in [0.1, 0.15) is 0 Å². The molecule has 3 heteroatoms. The molecule has 2 saturated heterocycles. The van der Waals surface area contributed by atoms with Gasteiger partial charge in [0, 0.05) is 24.0 Å². The Morgan fingerprint density at radius 1 is 1.16 bits per heavy atom. The highest BCUT2D eigenvalue weighted by Crippen LogP contribution is 2.24. The van der Waals surface area contributed by atoms with Gasteiger partial charge >= 0.3 is 0 Å². The predicted molar refractivity (Wildman–Crippen MR) is 84.9 cm³/mol. The van der Waals surface area contributed by atoms with Crippen LogP contribution in [0.25, 0.3) is 0 Å². The number of rotatable bonds is 4. The van der Waals surface area contributed by atoms with E-state index in [9.17, 15) is 0 Å². The minimum atomic E-state index is 0.665. The van der Waals surface area contributed by atoms with Crippen LogP contribution in [0.15, 0.2) is 24.3 Å². The second-order valence-electron chi connectivity index (χ2n) is 5.70. The third-order valence-corrected chi connectivity index (χ3v) is 5.35. The Bertz CT molecular complexity index is 395. The van der Waals surface area contributed by atoms with Crippen LogP contribution in [-0.4, -0.2) is 35.5 Å². The van der Waals surface area contributed by atoms with E-state index in [1.54, 1.807) is 0 Å². The SMILES string of the molecule is c1ccc(NC2CCCSC2)c(CN2CCCC2)c1. The fourth-order valence-corrected chi connectivity index (χ4v) is 4.13. The summed E-state index contributed by atoms with van der Waals surface area (Å²) in [5.74, 6) is 2.60. The first-order chi connectivity index (χ1) is 9.42. The summed E-state index contributed by atoms with van der Waals surface area (Å²) >= 11 is 2.09. The minimum Gasteiger partial charge on any atom is -0.381 e. The van der Waals surface area contributed by atoms with Gasteiger partial charge in [-0.3, -0.25) is 4.90 Å². The molecule has 0 amide bonds. The van der Waals surface area contributed by atoms with Crippen molar-refractivity contribution in [1.29, 1.82) is 0 Å². The smallest absolute Gasteiger partial charge is 0.0388 e. The standard InChI is InChI=1S/C16H24N2S/c1-2-8-16(17-15-7-5-11-19-13-15)14(6-1)12-18-9-3-4-10-18/h1-2,6,8,15,17H,3-5,7,9-13H2. The van der Waals surface area contributed by atoms with Crippen LogP contribution in [0.1, 0.15) is 31.2 Å². The maximum absolute atomic E-state index is 3.78. The Morgan fingerprint density at radius 2 is 2.00 bits per heavy atom. The van der Waals surface area contributed by atoms with Gasteiger partial charge in [0.2, 0.25) is 0 Å². The van der Waals surface area contributed by atoms with Crippen molar-refractivity contribution in [1.82, 2.24) is 4.90 Å². The molecule has 0 bridgehead atoms. The molecule has 0 saturated carbocycles. The average molecular weight is 276 g/mol.